The van der Waals surface area contributed by atoms with E-state index in [1.807, 2.05) is 0 Å². The second-order valence-corrected chi connectivity index (χ2v) is 2.40. The summed E-state index contributed by atoms with van der Waals surface area (Å²) in [5.74, 6) is -0.191. The number of nitrogens with two attached hydrogens (primary N) is 1. The molecule has 13 heavy (non-hydrogen) atoms. The molecule has 0 amide bonds. The molecule has 0 aromatic carbocycles. The first-order valence-electron chi connectivity index (χ1n) is 3.59. The predicted octanol–water partition coefficient (Wildman–Crippen LogP) is 1.46. The third-order valence-electron chi connectivity index (χ3n) is 1.52. The first-order valence-corrected chi connectivity index (χ1v) is 3.59. The van der Waals surface area contributed by atoms with E-state index in [-0.39, 0.29) is 11.6 Å². The Morgan fingerprint density at radius 1 is 1.46 bits per heavy atom. The van der Waals surface area contributed by atoms with Gasteiger partial charge in [0, 0.05) is 0 Å². The zero-order valence-corrected chi connectivity index (χ0v) is 6.57. The molecule has 4 nitrogen and oxygen atoms in total. The number of hydrogen-bond acceptors (Lipinski definition) is 4. The largest absolute Gasteiger partial charge is 0.463 e. The lowest BCUT2D eigenvalue weighted by atomic mass is 10.3. The van der Waals surface area contributed by atoms with Gasteiger partial charge < -0.3 is 10.2 Å². The van der Waals surface area contributed by atoms with Crippen molar-refractivity contribution in [3.8, 4) is 11.5 Å². The molecule has 2 aromatic heterocycles. The molecular formula is C8H6FN3O. The number of rotatable bonds is 1. The zero-order valence-electron chi connectivity index (χ0n) is 6.57. The summed E-state index contributed by atoms with van der Waals surface area (Å²) in [6.45, 7) is 0. The van der Waals surface area contributed by atoms with E-state index in [1.165, 1.54) is 6.26 Å². The van der Waals surface area contributed by atoms with Crippen LogP contribution in [0.15, 0.2) is 29.0 Å². The van der Waals surface area contributed by atoms with Gasteiger partial charge in [0.15, 0.2) is 11.6 Å². The number of anilines is 1. The quantitative estimate of drug-likeness (QED) is 0.719. The van der Waals surface area contributed by atoms with Gasteiger partial charge in [0.05, 0.1) is 12.5 Å². The van der Waals surface area contributed by atoms with Crippen LogP contribution in [-0.2, 0) is 0 Å². The van der Waals surface area contributed by atoms with Crippen molar-refractivity contribution in [1.29, 1.82) is 0 Å². The molecule has 0 saturated carbocycles. The molecule has 2 aromatic rings. The fraction of sp³-hybridized carbons (Fsp3) is 0. The molecule has 0 fully saturated rings. The Balaban J connectivity index is 2.57. The first kappa shape index (κ1) is 7.72. The molecule has 0 aliphatic heterocycles. The van der Waals surface area contributed by atoms with Gasteiger partial charge in [0.25, 0.3) is 0 Å². The predicted molar refractivity (Wildman–Crippen MR) is 44.1 cm³/mol. The minimum absolute atomic E-state index is 0.0211. The minimum Gasteiger partial charge on any atom is -0.463 e. The molecule has 5 heteroatoms. The van der Waals surface area contributed by atoms with Crippen LogP contribution in [0.5, 0.6) is 0 Å². The molecule has 66 valence electrons. The molecule has 0 unspecified atom stereocenters. The average molecular weight is 179 g/mol. The maximum absolute atomic E-state index is 13.1. The Morgan fingerprint density at radius 3 is 3.00 bits per heavy atom. The van der Waals surface area contributed by atoms with Gasteiger partial charge in [-0.15, -0.1) is 0 Å². The molecule has 2 heterocycles. The third-order valence-corrected chi connectivity index (χ3v) is 1.52. The topological polar surface area (TPSA) is 64.9 Å². The number of hydrogen-bond donors (Lipinski definition) is 1. The highest BCUT2D eigenvalue weighted by molar-refractivity contribution is 5.53. The molecule has 0 aliphatic carbocycles. The number of halogens is 1. The second kappa shape index (κ2) is 2.85. The number of furan rings is 1. The lowest BCUT2D eigenvalue weighted by molar-refractivity contribution is 0.562. The molecular weight excluding hydrogens is 173 g/mol. The maximum Gasteiger partial charge on any atom is 0.220 e. The van der Waals surface area contributed by atoms with Crippen LogP contribution in [0, 0.1) is 5.82 Å². The van der Waals surface area contributed by atoms with Crippen LogP contribution in [0.1, 0.15) is 0 Å². The van der Waals surface area contributed by atoms with Crippen LogP contribution in [0.2, 0.25) is 0 Å². The number of nitrogens with zero attached hydrogens (tertiary/aromatic N) is 2. The molecule has 0 atom stereocenters. The van der Waals surface area contributed by atoms with Crippen molar-refractivity contribution in [3.63, 3.8) is 0 Å². The van der Waals surface area contributed by atoms with Gasteiger partial charge in [-0.2, -0.15) is 0 Å². The van der Waals surface area contributed by atoms with Gasteiger partial charge in [-0.05, 0) is 12.1 Å². The van der Waals surface area contributed by atoms with E-state index in [4.69, 9.17) is 10.2 Å². The minimum atomic E-state index is -0.552. The van der Waals surface area contributed by atoms with E-state index in [0.717, 1.165) is 6.20 Å². The number of aromatic nitrogens is 2. The van der Waals surface area contributed by atoms with E-state index in [1.54, 1.807) is 12.1 Å². The highest BCUT2D eigenvalue weighted by Gasteiger charge is 2.09. The summed E-state index contributed by atoms with van der Waals surface area (Å²) in [7, 11) is 0. The van der Waals surface area contributed by atoms with E-state index in [9.17, 15) is 4.39 Å². The van der Waals surface area contributed by atoms with Crippen molar-refractivity contribution in [3.05, 3.63) is 30.4 Å². The van der Waals surface area contributed by atoms with Crippen molar-refractivity contribution in [2.45, 2.75) is 0 Å². The second-order valence-electron chi connectivity index (χ2n) is 2.40. The lowest BCUT2D eigenvalue weighted by Gasteiger charge is -1.97. The zero-order chi connectivity index (χ0) is 9.26. The summed E-state index contributed by atoms with van der Waals surface area (Å²) >= 11 is 0. The van der Waals surface area contributed by atoms with Crippen LogP contribution in [0.3, 0.4) is 0 Å². The fourth-order valence-electron chi connectivity index (χ4n) is 0.967. The Kier molecular flexibility index (Phi) is 1.70. The Labute approximate surface area is 73.2 Å². The molecule has 2 rings (SSSR count). The molecule has 0 aliphatic rings. The van der Waals surface area contributed by atoms with Gasteiger partial charge >= 0.3 is 0 Å². The summed E-state index contributed by atoms with van der Waals surface area (Å²) in [6.07, 6.45) is 2.45. The summed E-state index contributed by atoms with van der Waals surface area (Å²) in [5.41, 5.74) is 5.38. The van der Waals surface area contributed by atoms with Crippen molar-refractivity contribution < 1.29 is 8.81 Å². The fourth-order valence-corrected chi connectivity index (χ4v) is 0.967. The molecule has 0 saturated heterocycles. The monoisotopic (exact) mass is 179 g/mol. The molecule has 0 spiro atoms. The Morgan fingerprint density at radius 2 is 2.31 bits per heavy atom. The first-order chi connectivity index (χ1) is 6.27. The van der Waals surface area contributed by atoms with Crippen LogP contribution in [0.25, 0.3) is 11.5 Å². The lowest BCUT2D eigenvalue weighted by Crippen LogP contribution is -1.98. The summed E-state index contributed by atoms with van der Waals surface area (Å²) in [5, 5.41) is 0. The van der Waals surface area contributed by atoms with Crippen molar-refractivity contribution in [2.24, 2.45) is 0 Å². The van der Waals surface area contributed by atoms with Gasteiger partial charge in [-0.1, -0.05) is 0 Å². The van der Waals surface area contributed by atoms with Crippen molar-refractivity contribution in [2.75, 3.05) is 5.73 Å². The molecule has 2 N–H and O–H groups in total. The van der Waals surface area contributed by atoms with Crippen LogP contribution in [0.4, 0.5) is 10.3 Å². The van der Waals surface area contributed by atoms with E-state index >= 15 is 0 Å². The summed E-state index contributed by atoms with van der Waals surface area (Å²) in [6, 6.07) is 3.25. The normalized spacial score (nSPS) is 10.2. The van der Waals surface area contributed by atoms with E-state index in [0.29, 0.717) is 5.76 Å². The van der Waals surface area contributed by atoms with Crippen molar-refractivity contribution in [1.82, 2.24) is 9.97 Å². The summed E-state index contributed by atoms with van der Waals surface area (Å²) in [4.78, 5) is 7.21. The highest BCUT2D eigenvalue weighted by Crippen LogP contribution is 2.20. The van der Waals surface area contributed by atoms with Gasteiger partial charge in [-0.25, -0.2) is 14.4 Å². The summed E-state index contributed by atoms with van der Waals surface area (Å²) < 4.78 is 18.1. The average Bonchev–Trinajstić information content (AvgIpc) is 2.61. The smallest absolute Gasteiger partial charge is 0.220 e. The van der Waals surface area contributed by atoms with E-state index in [2.05, 4.69) is 9.97 Å². The SMILES string of the molecule is Nc1ncc(F)c(-c2ccco2)n1. The molecule has 0 radical (unpaired) electrons. The highest BCUT2D eigenvalue weighted by atomic mass is 19.1. The third kappa shape index (κ3) is 1.35. The van der Waals surface area contributed by atoms with Crippen molar-refractivity contribution >= 4 is 5.95 Å². The Hall–Kier alpha value is -1.91. The number of nitrogen functional groups attached to an aromatic ring is 1. The standard InChI is InChI=1S/C8H6FN3O/c9-5-4-11-8(10)12-7(5)6-2-1-3-13-6/h1-4H,(H2,10,11,12). The van der Waals surface area contributed by atoms with Gasteiger partial charge in [-0.3, -0.25) is 0 Å². The van der Waals surface area contributed by atoms with Crippen LogP contribution in [-0.4, -0.2) is 9.97 Å². The van der Waals surface area contributed by atoms with Gasteiger partial charge in [0.2, 0.25) is 5.95 Å². The van der Waals surface area contributed by atoms with Gasteiger partial charge in [0.1, 0.15) is 5.69 Å². The molecule has 0 bridgehead atoms. The van der Waals surface area contributed by atoms with Crippen LogP contribution < -0.4 is 5.73 Å². The Bertz CT molecular complexity index is 413. The maximum atomic E-state index is 13.1. The van der Waals surface area contributed by atoms with E-state index < -0.39 is 5.82 Å². The van der Waals surface area contributed by atoms with Crippen LogP contribution >= 0.6 is 0 Å².